The molecule has 0 heterocycles. The van der Waals surface area contributed by atoms with E-state index >= 15 is 0 Å². The Morgan fingerprint density at radius 3 is 1.96 bits per heavy atom. The van der Waals surface area contributed by atoms with Gasteiger partial charge < -0.3 is 11.1 Å². The van der Waals surface area contributed by atoms with Crippen molar-refractivity contribution in [2.24, 2.45) is 0 Å². The van der Waals surface area contributed by atoms with Crippen molar-refractivity contribution in [2.45, 2.75) is 0 Å². The lowest BCUT2D eigenvalue weighted by atomic mass is 10.0. The molecule has 0 amide bonds. The van der Waals surface area contributed by atoms with Crippen LogP contribution in [-0.2, 0) is 0 Å². The number of nitrogen functional groups attached to an aromatic ring is 1. The normalized spacial score (nSPS) is 10.7. The fourth-order valence-corrected chi connectivity index (χ4v) is 2.91. The Bertz CT molecular complexity index is 965. The Labute approximate surface area is 141 Å². The second kappa shape index (κ2) is 6.09. The quantitative estimate of drug-likeness (QED) is 0.467. The van der Waals surface area contributed by atoms with E-state index in [2.05, 4.69) is 72.0 Å². The fraction of sp³-hybridized carbons (Fsp3) is 0. The molecule has 2 heteroatoms. The van der Waals surface area contributed by atoms with Crippen LogP contribution in [0.25, 0.3) is 21.9 Å². The summed E-state index contributed by atoms with van der Waals surface area (Å²) in [5.41, 5.74) is 11.1. The van der Waals surface area contributed by atoms with Gasteiger partial charge in [-0.2, -0.15) is 0 Å². The van der Waals surface area contributed by atoms with Crippen LogP contribution in [0, 0.1) is 0 Å². The zero-order valence-electron chi connectivity index (χ0n) is 13.2. The zero-order chi connectivity index (χ0) is 16.4. The molecule has 4 aromatic carbocycles. The smallest absolute Gasteiger partial charge is 0.0463 e. The van der Waals surface area contributed by atoms with Crippen molar-refractivity contribution in [3.05, 3.63) is 91.0 Å². The maximum absolute atomic E-state index is 5.75. The molecule has 0 aliphatic heterocycles. The molecule has 4 aromatic rings. The summed E-state index contributed by atoms with van der Waals surface area (Å²) in [5.74, 6) is 0. The van der Waals surface area contributed by atoms with E-state index in [1.165, 1.54) is 21.9 Å². The van der Waals surface area contributed by atoms with Gasteiger partial charge in [-0.1, -0.05) is 60.7 Å². The second-order valence-electron chi connectivity index (χ2n) is 5.85. The van der Waals surface area contributed by atoms with Crippen LogP contribution in [0.3, 0.4) is 0 Å². The van der Waals surface area contributed by atoms with Crippen molar-refractivity contribution >= 4 is 27.8 Å². The molecule has 0 radical (unpaired) electrons. The summed E-state index contributed by atoms with van der Waals surface area (Å²) >= 11 is 0. The van der Waals surface area contributed by atoms with Gasteiger partial charge in [0.25, 0.3) is 0 Å². The minimum Gasteiger partial charge on any atom is -0.399 e. The summed E-state index contributed by atoms with van der Waals surface area (Å²) in [6.45, 7) is 0. The third kappa shape index (κ3) is 2.82. The van der Waals surface area contributed by atoms with E-state index < -0.39 is 0 Å². The Morgan fingerprint density at radius 2 is 1.21 bits per heavy atom. The maximum Gasteiger partial charge on any atom is 0.0463 e. The van der Waals surface area contributed by atoms with E-state index in [0.717, 1.165) is 17.1 Å². The molecule has 0 atom stereocenters. The molecule has 24 heavy (non-hydrogen) atoms. The zero-order valence-corrected chi connectivity index (χ0v) is 13.2. The third-order valence-corrected chi connectivity index (χ3v) is 4.20. The molecular weight excluding hydrogens is 292 g/mol. The molecule has 2 nitrogen and oxygen atoms in total. The summed E-state index contributed by atoms with van der Waals surface area (Å²) in [6.07, 6.45) is 0. The van der Waals surface area contributed by atoms with Crippen LogP contribution in [0.15, 0.2) is 91.0 Å². The van der Waals surface area contributed by atoms with E-state index in [1.807, 2.05) is 24.3 Å². The highest BCUT2D eigenvalue weighted by atomic mass is 14.9. The van der Waals surface area contributed by atoms with Crippen molar-refractivity contribution in [1.82, 2.24) is 0 Å². The lowest BCUT2D eigenvalue weighted by Crippen LogP contribution is -1.91. The summed E-state index contributed by atoms with van der Waals surface area (Å²) < 4.78 is 0. The van der Waals surface area contributed by atoms with Crippen LogP contribution >= 0.6 is 0 Å². The van der Waals surface area contributed by atoms with Crippen LogP contribution in [0.2, 0.25) is 0 Å². The summed E-state index contributed by atoms with van der Waals surface area (Å²) in [5, 5.41) is 5.98. The minimum absolute atomic E-state index is 0.785. The largest absolute Gasteiger partial charge is 0.399 e. The SMILES string of the molecule is Nc1ccc(-c2ccc(Nc3cccc4ccccc34)cc2)cc1. The first-order valence-corrected chi connectivity index (χ1v) is 8.00. The van der Waals surface area contributed by atoms with Gasteiger partial charge in [0.05, 0.1) is 0 Å². The molecule has 4 rings (SSSR count). The topological polar surface area (TPSA) is 38.0 Å². The van der Waals surface area contributed by atoms with E-state index in [4.69, 9.17) is 5.73 Å². The first kappa shape index (κ1) is 14.3. The van der Waals surface area contributed by atoms with E-state index in [0.29, 0.717) is 0 Å². The Balaban J connectivity index is 1.62. The van der Waals surface area contributed by atoms with E-state index in [1.54, 1.807) is 0 Å². The Morgan fingerprint density at radius 1 is 0.583 bits per heavy atom. The predicted octanol–water partition coefficient (Wildman–Crippen LogP) is 5.83. The average molecular weight is 310 g/mol. The molecule has 0 unspecified atom stereocenters. The molecular formula is C22H18N2. The van der Waals surface area contributed by atoms with Crippen molar-refractivity contribution < 1.29 is 0 Å². The molecule has 0 aliphatic rings. The molecule has 0 aliphatic carbocycles. The van der Waals surface area contributed by atoms with Gasteiger partial charge in [0.2, 0.25) is 0 Å². The van der Waals surface area contributed by atoms with Crippen molar-refractivity contribution in [3.63, 3.8) is 0 Å². The highest BCUT2D eigenvalue weighted by Gasteiger charge is 2.02. The molecule has 3 N–H and O–H groups in total. The van der Waals surface area contributed by atoms with E-state index in [-0.39, 0.29) is 0 Å². The first-order valence-electron chi connectivity index (χ1n) is 8.00. The first-order chi connectivity index (χ1) is 11.8. The Kier molecular flexibility index (Phi) is 3.64. The van der Waals surface area contributed by atoms with Crippen molar-refractivity contribution in [1.29, 1.82) is 0 Å². The average Bonchev–Trinajstić information content (AvgIpc) is 2.63. The van der Waals surface area contributed by atoms with Gasteiger partial charge in [-0.05, 0) is 46.8 Å². The highest BCUT2D eigenvalue weighted by Crippen LogP contribution is 2.28. The number of nitrogens with two attached hydrogens (primary N) is 1. The lowest BCUT2D eigenvalue weighted by molar-refractivity contribution is 1.56. The van der Waals surface area contributed by atoms with Gasteiger partial charge >= 0.3 is 0 Å². The number of benzene rings is 4. The molecule has 0 spiro atoms. The summed E-state index contributed by atoms with van der Waals surface area (Å²) in [6, 6.07) is 31.1. The van der Waals surface area contributed by atoms with Gasteiger partial charge in [-0.15, -0.1) is 0 Å². The molecule has 0 fully saturated rings. The van der Waals surface area contributed by atoms with Gasteiger partial charge in [0.15, 0.2) is 0 Å². The molecule has 0 aromatic heterocycles. The monoisotopic (exact) mass is 310 g/mol. The van der Waals surface area contributed by atoms with Gasteiger partial charge in [-0.25, -0.2) is 0 Å². The number of hydrogen-bond acceptors (Lipinski definition) is 2. The maximum atomic E-state index is 5.75. The van der Waals surface area contributed by atoms with Gasteiger partial charge in [0.1, 0.15) is 0 Å². The standard InChI is InChI=1S/C22H18N2/c23-19-12-8-16(9-13-19)17-10-14-20(15-11-17)24-22-7-3-5-18-4-1-2-6-21(18)22/h1-15,24H,23H2. The number of fused-ring (bicyclic) bond motifs is 1. The molecule has 0 bridgehead atoms. The lowest BCUT2D eigenvalue weighted by Gasteiger charge is -2.11. The summed E-state index contributed by atoms with van der Waals surface area (Å²) in [7, 11) is 0. The van der Waals surface area contributed by atoms with Crippen molar-refractivity contribution in [2.75, 3.05) is 11.1 Å². The number of hydrogen-bond donors (Lipinski definition) is 2. The van der Waals surface area contributed by atoms with Crippen molar-refractivity contribution in [3.8, 4) is 11.1 Å². The van der Waals surface area contributed by atoms with Crippen LogP contribution in [-0.4, -0.2) is 0 Å². The number of rotatable bonds is 3. The fourth-order valence-electron chi connectivity index (χ4n) is 2.91. The minimum atomic E-state index is 0.785. The van der Waals surface area contributed by atoms with Crippen LogP contribution in [0.1, 0.15) is 0 Å². The van der Waals surface area contributed by atoms with Crippen LogP contribution in [0.5, 0.6) is 0 Å². The van der Waals surface area contributed by atoms with Crippen LogP contribution < -0.4 is 11.1 Å². The Hall–Kier alpha value is -3.26. The van der Waals surface area contributed by atoms with Gasteiger partial charge in [0, 0.05) is 22.4 Å². The highest BCUT2D eigenvalue weighted by molar-refractivity contribution is 5.95. The van der Waals surface area contributed by atoms with E-state index in [9.17, 15) is 0 Å². The van der Waals surface area contributed by atoms with Gasteiger partial charge in [-0.3, -0.25) is 0 Å². The third-order valence-electron chi connectivity index (χ3n) is 4.20. The number of anilines is 3. The second-order valence-corrected chi connectivity index (χ2v) is 5.85. The van der Waals surface area contributed by atoms with Crippen LogP contribution in [0.4, 0.5) is 17.1 Å². The molecule has 116 valence electrons. The molecule has 0 saturated carbocycles. The predicted molar refractivity (Wildman–Crippen MR) is 104 cm³/mol. The number of nitrogens with one attached hydrogen (secondary N) is 1. The summed E-state index contributed by atoms with van der Waals surface area (Å²) in [4.78, 5) is 0. The molecule has 0 saturated heterocycles.